The Morgan fingerprint density at radius 3 is 2.87 bits per heavy atom. The SMILES string of the molecule is O=C(O)Cc1cccc(OC2CCC2)c1. The first-order valence-electron chi connectivity index (χ1n) is 5.21. The van der Waals surface area contributed by atoms with Gasteiger partial charge in [-0.25, -0.2) is 0 Å². The molecule has 1 aliphatic carbocycles. The second-order valence-electron chi connectivity index (χ2n) is 3.89. The summed E-state index contributed by atoms with van der Waals surface area (Å²) < 4.78 is 5.68. The topological polar surface area (TPSA) is 46.5 Å². The van der Waals surface area contributed by atoms with Crippen LogP contribution in [0.3, 0.4) is 0 Å². The summed E-state index contributed by atoms with van der Waals surface area (Å²) in [5, 5.41) is 8.66. The van der Waals surface area contributed by atoms with Crippen LogP contribution >= 0.6 is 0 Å². The summed E-state index contributed by atoms with van der Waals surface area (Å²) in [5.41, 5.74) is 0.791. The summed E-state index contributed by atoms with van der Waals surface area (Å²) in [4.78, 5) is 10.5. The molecule has 15 heavy (non-hydrogen) atoms. The second-order valence-corrected chi connectivity index (χ2v) is 3.89. The van der Waals surface area contributed by atoms with Crippen molar-refractivity contribution < 1.29 is 14.6 Å². The molecule has 0 aromatic heterocycles. The molecule has 2 rings (SSSR count). The Morgan fingerprint density at radius 2 is 2.27 bits per heavy atom. The van der Waals surface area contributed by atoms with Crippen molar-refractivity contribution >= 4 is 5.97 Å². The summed E-state index contributed by atoms with van der Waals surface area (Å²) in [7, 11) is 0. The quantitative estimate of drug-likeness (QED) is 0.821. The van der Waals surface area contributed by atoms with Crippen molar-refractivity contribution in [3.8, 4) is 5.75 Å². The largest absolute Gasteiger partial charge is 0.490 e. The Hall–Kier alpha value is -1.51. The van der Waals surface area contributed by atoms with Gasteiger partial charge in [0.1, 0.15) is 5.75 Å². The molecule has 0 heterocycles. The molecule has 1 fully saturated rings. The molecule has 1 aromatic rings. The van der Waals surface area contributed by atoms with Crippen molar-refractivity contribution in [2.75, 3.05) is 0 Å². The first-order valence-corrected chi connectivity index (χ1v) is 5.21. The number of carboxylic acids is 1. The number of rotatable bonds is 4. The molecule has 0 radical (unpaired) electrons. The third-order valence-corrected chi connectivity index (χ3v) is 2.61. The van der Waals surface area contributed by atoms with Crippen LogP contribution in [0.25, 0.3) is 0 Å². The lowest BCUT2D eigenvalue weighted by molar-refractivity contribution is -0.136. The van der Waals surface area contributed by atoms with E-state index in [1.54, 1.807) is 0 Å². The van der Waals surface area contributed by atoms with E-state index in [-0.39, 0.29) is 6.42 Å². The standard InChI is InChI=1S/C12H14O3/c13-12(14)8-9-3-1-6-11(7-9)15-10-4-2-5-10/h1,3,6-7,10H,2,4-5,8H2,(H,13,14). The Labute approximate surface area is 88.7 Å². The molecule has 3 heteroatoms. The van der Waals surface area contributed by atoms with Crippen molar-refractivity contribution in [1.29, 1.82) is 0 Å². The first kappa shape index (κ1) is 10.0. The third-order valence-electron chi connectivity index (χ3n) is 2.61. The molecule has 0 unspecified atom stereocenters. The number of aliphatic carboxylic acids is 1. The van der Waals surface area contributed by atoms with Crippen molar-refractivity contribution in [1.82, 2.24) is 0 Å². The van der Waals surface area contributed by atoms with Crippen LogP contribution in [0.1, 0.15) is 24.8 Å². The summed E-state index contributed by atoms with van der Waals surface area (Å²) in [6.07, 6.45) is 3.86. The van der Waals surface area contributed by atoms with E-state index in [1.165, 1.54) is 6.42 Å². The number of ether oxygens (including phenoxy) is 1. The maximum absolute atomic E-state index is 10.5. The molecular weight excluding hydrogens is 192 g/mol. The molecular formula is C12H14O3. The van der Waals surface area contributed by atoms with E-state index in [2.05, 4.69) is 0 Å². The van der Waals surface area contributed by atoms with E-state index in [0.29, 0.717) is 6.10 Å². The highest BCUT2D eigenvalue weighted by atomic mass is 16.5. The number of hydrogen-bond donors (Lipinski definition) is 1. The van der Waals surface area contributed by atoms with Gasteiger partial charge in [0.2, 0.25) is 0 Å². The normalized spacial score (nSPS) is 15.7. The lowest BCUT2D eigenvalue weighted by Crippen LogP contribution is -2.24. The lowest BCUT2D eigenvalue weighted by Gasteiger charge is -2.26. The van der Waals surface area contributed by atoms with E-state index in [0.717, 1.165) is 24.2 Å². The Bertz CT molecular complexity index is 356. The smallest absolute Gasteiger partial charge is 0.307 e. The van der Waals surface area contributed by atoms with Gasteiger partial charge in [0.25, 0.3) is 0 Å². The van der Waals surface area contributed by atoms with Crippen LogP contribution in [0.2, 0.25) is 0 Å². The maximum atomic E-state index is 10.5. The molecule has 1 aromatic carbocycles. The summed E-state index contributed by atoms with van der Waals surface area (Å²) >= 11 is 0. The van der Waals surface area contributed by atoms with Crippen LogP contribution < -0.4 is 4.74 Å². The van der Waals surface area contributed by atoms with Crippen LogP contribution in [-0.4, -0.2) is 17.2 Å². The first-order chi connectivity index (χ1) is 7.24. The molecule has 0 saturated heterocycles. The highest BCUT2D eigenvalue weighted by molar-refractivity contribution is 5.70. The fourth-order valence-corrected chi connectivity index (χ4v) is 1.58. The van der Waals surface area contributed by atoms with Crippen LogP contribution in [0.4, 0.5) is 0 Å². The molecule has 80 valence electrons. The van der Waals surface area contributed by atoms with Gasteiger partial charge in [0.05, 0.1) is 12.5 Å². The fraction of sp³-hybridized carbons (Fsp3) is 0.417. The number of carbonyl (C=O) groups is 1. The number of hydrogen-bond acceptors (Lipinski definition) is 2. The van der Waals surface area contributed by atoms with Crippen LogP contribution in [0.5, 0.6) is 5.75 Å². The average Bonchev–Trinajstić information content (AvgIpc) is 2.11. The molecule has 1 N–H and O–H groups in total. The third kappa shape index (κ3) is 2.72. The second kappa shape index (κ2) is 4.34. The molecule has 0 atom stereocenters. The zero-order valence-corrected chi connectivity index (χ0v) is 8.48. The van der Waals surface area contributed by atoms with Gasteiger partial charge in [0, 0.05) is 0 Å². The van der Waals surface area contributed by atoms with Gasteiger partial charge in [0.15, 0.2) is 0 Å². The summed E-state index contributed by atoms with van der Waals surface area (Å²) in [6.45, 7) is 0. The molecule has 1 saturated carbocycles. The Balaban J connectivity index is 2.00. The van der Waals surface area contributed by atoms with E-state index in [1.807, 2.05) is 24.3 Å². The molecule has 1 aliphatic rings. The molecule has 0 amide bonds. The molecule has 0 spiro atoms. The van der Waals surface area contributed by atoms with E-state index < -0.39 is 5.97 Å². The van der Waals surface area contributed by atoms with Gasteiger partial charge in [-0.15, -0.1) is 0 Å². The molecule has 0 bridgehead atoms. The molecule has 0 aliphatic heterocycles. The van der Waals surface area contributed by atoms with Crippen molar-refractivity contribution in [2.24, 2.45) is 0 Å². The summed E-state index contributed by atoms with van der Waals surface area (Å²) in [5.74, 6) is -0.0192. The minimum Gasteiger partial charge on any atom is -0.490 e. The summed E-state index contributed by atoms with van der Waals surface area (Å²) in [6, 6.07) is 7.34. The average molecular weight is 206 g/mol. The van der Waals surface area contributed by atoms with E-state index in [4.69, 9.17) is 9.84 Å². The van der Waals surface area contributed by atoms with Gasteiger partial charge in [-0.1, -0.05) is 12.1 Å². The monoisotopic (exact) mass is 206 g/mol. The van der Waals surface area contributed by atoms with Gasteiger partial charge < -0.3 is 9.84 Å². The zero-order chi connectivity index (χ0) is 10.7. The van der Waals surface area contributed by atoms with Gasteiger partial charge in [-0.2, -0.15) is 0 Å². The predicted octanol–water partition coefficient (Wildman–Crippen LogP) is 2.25. The highest BCUT2D eigenvalue weighted by Crippen LogP contribution is 2.25. The van der Waals surface area contributed by atoms with Gasteiger partial charge >= 0.3 is 5.97 Å². The minimum absolute atomic E-state index is 0.0574. The van der Waals surface area contributed by atoms with Crippen molar-refractivity contribution in [3.05, 3.63) is 29.8 Å². The fourth-order valence-electron chi connectivity index (χ4n) is 1.58. The minimum atomic E-state index is -0.809. The maximum Gasteiger partial charge on any atom is 0.307 e. The lowest BCUT2D eigenvalue weighted by atomic mass is 9.96. The van der Waals surface area contributed by atoms with Gasteiger partial charge in [-0.3, -0.25) is 4.79 Å². The number of carboxylic acid groups (broad SMARTS) is 1. The van der Waals surface area contributed by atoms with Crippen LogP contribution in [0.15, 0.2) is 24.3 Å². The van der Waals surface area contributed by atoms with Crippen LogP contribution in [0, 0.1) is 0 Å². The number of benzene rings is 1. The highest BCUT2D eigenvalue weighted by Gasteiger charge is 2.18. The van der Waals surface area contributed by atoms with E-state index >= 15 is 0 Å². The molecule has 3 nitrogen and oxygen atoms in total. The van der Waals surface area contributed by atoms with Crippen LogP contribution in [-0.2, 0) is 11.2 Å². The Kier molecular flexibility index (Phi) is 2.90. The van der Waals surface area contributed by atoms with Gasteiger partial charge in [-0.05, 0) is 37.0 Å². The van der Waals surface area contributed by atoms with Crippen molar-refractivity contribution in [3.63, 3.8) is 0 Å². The Morgan fingerprint density at radius 1 is 1.47 bits per heavy atom. The van der Waals surface area contributed by atoms with E-state index in [9.17, 15) is 4.79 Å². The van der Waals surface area contributed by atoms with Crippen molar-refractivity contribution in [2.45, 2.75) is 31.8 Å². The predicted molar refractivity (Wildman–Crippen MR) is 56.0 cm³/mol. The zero-order valence-electron chi connectivity index (χ0n) is 8.48.